The summed E-state index contributed by atoms with van der Waals surface area (Å²) in [6.07, 6.45) is 6.45. The zero-order valence-electron chi connectivity index (χ0n) is 27.4. The Morgan fingerprint density at radius 1 is 0.936 bits per heavy atom. The van der Waals surface area contributed by atoms with Crippen molar-refractivity contribution in [3.8, 4) is 11.5 Å². The second-order valence-electron chi connectivity index (χ2n) is 13.3. The van der Waals surface area contributed by atoms with Gasteiger partial charge in [0.2, 0.25) is 17.7 Å². The molecule has 0 spiro atoms. The first-order chi connectivity index (χ1) is 22.1. The molecule has 1 aliphatic rings. The fraction of sp³-hybridized carbons (Fsp3) is 0.529. The van der Waals surface area contributed by atoms with Gasteiger partial charge in [-0.1, -0.05) is 52.0 Å². The average Bonchev–Trinajstić information content (AvgIpc) is 3.00. The molecule has 1 fully saturated rings. The minimum Gasteiger partial charge on any atom is -0.508 e. The maximum Gasteiger partial charge on any atom is 0.255 e. The Balaban J connectivity index is 1.68. The van der Waals surface area contributed by atoms with E-state index in [-0.39, 0.29) is 35.4 Å². The van der Waals surface area contributed by atoms with Crippen molar-refractivity contribution in [2.24, 2.45) is 17.6 Å². The van der Waals surface area contributed by atoms with Crippen LogP contribution in [0.4, 0.5) is 0 Å². The summed E-state index contributed by atoms with van der Waals surface area (Å²) in [5, 5.41) is 30.8. The van der Waals surface area contributed by atoms with Gasteiger partial charge in [-0.15, -0.1) is 0 Å². The number of amides is 4. The Morgan fingerprint density at radius 3 is 2.26 bits per heavy atom. The number of hydrogen-bond acceptors (Lipinski definition) is 7. The van der Waals surface area contributed by atoms with Gasteiger partial charge < -0.3 is 37.2 Å². The smallest absolute Gasteiger partial charge is 0.255 e. The van der Waals surface area contributed by atoms with E-state index in [1.54, 1.807) is 13.8 Å². The number of nitrogens with one attached hydrogen (secondary N) is 4. The number of phenols is 2. The fourth-order valence-corrected chi connectivity index (χ4v) is 7.54. The van der Waals surface area contributed by atoms with E-state index in [2.05, 4.69) is 78.6 Å². The van der Waals surface area contributed by atoms with Crippen LogP contribution in [0.5, 0.6) is 11.5 Å². The molecule has 0 heterocycles. The lowest BCUT2D eigenvalue weighted by Crippen LogP contribution is -2.60. The molecule has 1 saturated carbocycles. The molecule has 0 unspecified atom stereocenters. The van der Waals surface area contributed by atoms with Gasteiger partial charge in [-0.3, -0.25) is 19.2 Å². The summed E-state index contributed by atoms with van der Waals surface area (Å²) in [7, 11) is 0. The van der Waals surface area contributed by atoms with E-state index in [0.29, 0.717) is 18.8 Å². The van der Waals surface area contributed by atoms with Crippen LogP contribution < -0.4 is 27.0 Å². The summed E-state index contributed by atoms with van der Waals surface area (Å²) in [6.45, 7) is 7.22. The number of halogens is 2. The van der Waals surface area contributed by atoms with E-state index in [1.807, 2.05) is 19.9 Å². The van der Waals surface area contributed by atoms with Gasteiger partial charge in [0.25, 0.3) is 5.91 Å². The van der Waals surface area contributed by atoms with Gasteiger partial charge in [0.1, 0.15) is 29.6 Å². The SMILES string of the molecule is CC(C)[C@H](NC(=O)[C@@H](N)CNC(=O)c1cc(O)ccc1O)C(=O)N[C@@H](CC1CCCCC1)C(=O)NC(C)(C)Cc1ccc(I)cc1I. The van der Waals surface area contributed by atoms with Gasteiger partial charge >= 0.3 is 0 Å². The highest BCUT2D eigenvalue weighted by Crippen LogP contribution is 2.28. The molecular formula is C34H47I2N5O6. The van der Waals surface area contributed by atoms with Crippen molar-refractivity contribution in [2.75, 3.05) is 6.54 Å². The number of hydrogen-bond donors (Lipinski definition) is 7. The molecule has 4 amide bonds. The number of aromatic hydroxyl groups is 2. The Kier molecular flexibility index (Phi) is 14.6. The normalized spacial score (nSPS) is 15.7. The van der Waals surface area contributed by atoms with Crippen molar-refractivity contribution in [2.45, 2.75) is 96.3 Å². The van der Waals surface area contributed by atoms with Gasteiger partial charge in [-0.25, -0.2) is 0 Å². The van der Waals surface area contributed by atoms with Crippen LogP contribution in [-0.2, 0) is 20.8 Å². The minimum absolute atomic E-state index is 0.171. The van der Waals surface area contributed by atoms with Crippen LogP contribution in [0, 0.1) is 19.0 Å². The van der Waals surface area contributed by atoms with E-state index in [0.717, 1.165) is 44.5 Å². The third-order valence-electron chi connectivity index (χ3n) is 8.33. The first-order valence-electron chi connectivity index (χ1n) is 16.0. The highest BCUT2D eigenvalue weighted by atomic mass is 127. The van der Waals surface area contributed by atoms with Crippen LogP contribution in [0.1, 0.15) is 82.1 Å². The molecule has 0 aromatic heterocycles. The molecule has 0 radical (unpaired) electrons. The summed E-state index contributed by atoms with van der Waals surface area (Å²) in [6, 6.07) is 6.74. The first-order valence-corrected chi connectivity index (χ1v) is 18.1. The maximum absolute atomic E-state index is 13.8. The number of rotatable bonds is 14. The standard InChI is InChI=1S/C34H47I2N5O6/c1-19(2)29(40-31(45)26(37)18-38-30(44)24-16-23(42)12-13-28(24)43)33(47)39-27(14-20-8-6-5-7-9-20)32(46)41-34(3,4)17-21-10-11-22(35)15-25(21)36/h10-13,15-16,19-20,26-27,29,42-43H,5-9,14,17-18,37H2,1-4H3,(H,38,44)(H,39,47)(H,40,45)(H,41,46)/t26-,27-,29-/m0/s1. The van der Waals surface area contributed by atoms with Crippen molar-refractivity contribution < 1.29 is 29.4 Å². The van der Waals surface area contributed by atoms with E-state index >= 15 is 0 Å². The third-order valence-corrected chi connectivity index (χ3v) is 10.0. The van der Waals surface area contributed by atoms with E-state index in [4.69, 9.17) is 5.73 Å². The number of carbonyl (C=O) groups is 4. The molecule has 2 aromatic carbocycles. The van der Waals surface area contributed by atoms with E-state index in [1.165, 1.54) is 18.6 Å². The second-order valence-corrected chi connectivity index (χ2v) is 15.7. The topological polar surface area (TPSA) is 183 Å². The number of carbonyl (C=O) groups excluding carboxylic acids is 4. The lowest BCUT2D eigenvalue weighted by molar-refractivity contribution is -0.134. The van der Waals surface area contributed by atoms with Gasteiger partial charge in [0.05, 0.1) is 5.56 Å². The zero-order valence-corrected chi connectivity index (χ0v) is 31.7. The summed E-state index contributed by atoms with van der Waals surface area (Å²) < 4.78 is 2.26. The van der Waals surface area contributed by atoms with Crippen LogP contribution in [0.2, 0.25) is 0 Å². The highest BCUT2D eigenvalue weighted by molar-refractivity contribution is 14.1. The van der Waals surface area contributed by atoms with Crippen molar-refractivity contribution in [3.05, 3.63) is 54.7 Å². The molecular weight excluding hydrogens is 828 g/mol. The first kappa shape index (κ1) is 38.8. The van der Waals surface area contributed by atoms with Crippen molar-refractivity contribution >= 4 is 68.8 Å². The quantitative estimate of drug-likeness (QED) is 0.110. The molecule has 3 rings (SSSR count). The molecule has 3 atom stereocenters. The molecule has 13 heteroatoms. The lowest BCUT2D eigenvalue weighted by Gasteiger charge is -2.33. The molecule has 2 aromatic rings. The predicted octanol–water partition coefficient (Wildman–Crippen LogP) is 4.10. The molecule has 47 heavy (non-hydrogen) atoms. The Hall–Kier alpha value is -2.66. The second kappa shape index (κ2) is 17.7. The fourth-order valence-electron chi connectivity index (χ4n) is 5.75. The van der Waals surface area contributed by atoms with E-state index < -0.39 is 41.4 Å². The van der Waals surface area contributed by atoms with Crippen LogP contribution in [0.15, 0.2) is 36.4 Å². The van der Waals surface area contributed by atoms with Crippen molar-refractivity contribution in [3.63, 3.8) is 0 Å². The molecule has 0 saturated heterocycles. The number of benzene rings is 2. The van der Waals surface area contributed by atoms with Crippen molar-refractivity contribution in [1.29, 1.82) is 0 Å². The number of nitrogens with two attached hydrogens (primary N) is 1. The Bertz CT molecular complexity index is 1430. The molecule has 8 N–H and O–H groups in total. The van der Waals surface area contributed by atoms with Gasteiger partial charge in [-0.2, -0.15) is 0 Å². The third kappa shape index (κ3) is 12.1. The van der Waals surface area contributed by atoms with Gasteiger partial charge in [0, 0.05) is 19.2 Å². The molecule has 0 bridgehead atoms. The molecule has 258 valence electrons. The average molecular weight is 876 g/mol. The monoisotopic (exact) mass is 875 g/mol. The number of phenolic OH excluding ortho intramolecular Hbond substituents is 2. The van der Waals surface area contributed by atoms with Crippen LogP contribution >= 0.6 is 45.2 Å². The molecule has 1 aliphatic carbocycles. The minimum atomic E-state index is -1.21. The molecule has 0 aliphatic heterocycles. The van der Waals surface area contributed by atoms with Crippen LogP contribution in [0.3, 0.4) is 0 Å². The lowest BCUT2D eigenvalue weighted by atomic mass is 9.84. The van der Waals surface area contributed by atoms with Crippen LogP contribution in [0.25, 0.3) is 0 Å². The van der Waals surface area contributed by atoms with Crippen molar-refractivity contribution in [1.82, 2.24) is 21.3 Å². The zero-order chi connectivity index (χ0) is 34.9. The summed E-state index contributed by atoms with van der Waals surface area (Å²) in [5.41, 5.74) is 6.42. The highest BCUT2D eigenvalue weighted by Gasteiger charge is 2.34. The summed E-state index contributed by atoms with van der Waals surface area (Å²) in [4.78, 5) is 53.0. The van der Waals surface area contributed by atoms with Gasteiger partial charge in [0.15, 0.2) is 0 Å². The largest absolute Gasteiger partial charge is 0.508 e. The summed E-state index contributed by atoms with van der Waals surface area (Å²) in [5.74, 6) is -2.72. The molecule has 11 nitrogen and oxygen atoms in total. The van der Waals surface area contributed by atoms with Gasteiger partial charge in [-0.05, 0) is 120 Å². The Morgan fingerprint density at radius 2 is 1.62 bits per heavy atom. The summed E-state index contributed by atoms with van der Waals surface area (Å²) >= 11 is 4.58. The van der Waals surface area contributed by atoms with E-state index in [9.17, 15) is 29.4 Å². The predicted molar refractivity (Wildman–Crippen MR) is 198 cm³/mol. The Labute approximate surface area is 304 Å². The van der Waals surface area contributed by atoms with Crippen LogP contribution in [-0.4, -0.2) is 64.1 Å². The maximum atomic E-state index is 13.8.